The maximum Gasteiger partial charge on any atom is 0.325 e. The number of nitrogens with zero attached hydrogens (tertiary/aromatic N) is 2. The highest BCUT2D eigenvalue weighted by molar-refractivity contribution is 6.05. The average molecular weight is 247 g/mol. The van der Waals surface area contributed by atoms with Crippen LogP contribution in [0.4, 0.5) is 0 Å². The number of aliphatic carboxylic acids is 1. The van der Waals surface area contributed by atoms with Gasteiger partial charge in [-0.05, 0) is 13.0 Å². The Balaban J connectivity index is 2.37. The van der Waals surface area contributed by atoms with Crippen LogP contribution >= 0.6 is 0 Å². The van der Waals surface area contributed by atoms with E-state index in [1.165, 1.54) is 6.92 Å². The number of rotatable bonds is 3. The third-order valence-electron chi connectivity index (χ3n) is 2.69. The van der Waals surface area contributed by atoms with Gasteiger partial charge in [-0.15, -0.1) is 0 Å². The molecule has 0 aliphatic rings. The van der Waals surface area contributed by atoms with Gasteiger partial charge in [0.15, 0.2) is 5.69 Å². The Morgan fingerprint density at radius 3 is 2.72 bits per heavy atom. The number of aromatic nitrogens is 2. The molecular formula is C12H13N3O3. The summed E-state index contributed by atoms with van der Waals surface area (Å²) in [6.45, 7) is 1.41. The minimum absolute atomic E-state index is 0.237. The Morgan fingerprint density at radius 1 is 1.39 bits per heavy atom. The van der Waals surface area contributed by atoms with Gasteiger partial charge in [0.25, 0.3) is 5.91 Å². The predicted molar refractivity (Wildman–Crippen MR) is 65.3 cm³/mol. The summed E-state index contributed by atoms with van der Waals surface area (Å²) in [7, 11) is 1.74. The van der Waals surface area contributed by atoms with Crippen LogP contribution in [0.1, 0.15) is 17.4 Å². The van der Waals surface area contributed by atoms with E-state index >= 15 is 0 Å². The molecule has 0 saturated heterocycles. The monoisotopic (exact) mass is 247 g/mol. The zero-order valence-electron chi connectivity index (χ0n) is 10.0. The minimum atomic E-state index is -1.08. The number of amides is 1. The van der Waals surface area contributed by atoms with E-state index in [0.29, 0.717) is 5.39 Å². The molecule has 1 amide bonds. The van der Waals surface area contributed by atoms with Crippen molar-refractivity contribution in [2.45, 2.75) is 13.0 Å². The van der Waals surface area contributed by atoms with Gasteiger partial charge in [-0.2, -0.15) is 5.10 Å². The molecule has 1 aromatic heterocycles. The number of para-hydroxylation sites is 1. The Bertz CT molecular complexity index is 618. The second-order valence-corrected chi connectivity index (χ2v) is 4.02. The largest absolute Gasteiger partial charge is 0.480 e. The molecule has 0 aliphatic heterocycles. The lowest BCUT2D eigenvalue weighted by Crippen LogP contribution is -2.38. The van der Waals surface area contributed by atoms with Gasteiger partial charge in [-0.3, -0.25) is 14.3 Å². The second kappa shape index (κ2) is 4.48. The molecule has 18 heavy (non-hydrogen) atoms. The van der Waals surface area contributed by atoms with Crippen LogP contribution in [-0.4, -0.2) is 32.8 Å². The van der Waals surface area contributed by atoms with E-state index in [4.69, 9.17) is 5.11 Å². The molecule has 2 aromatic rings. The molecule has 94 valence electrons. The van der Waals surface area contributed by atoms with Crippen LogP contribution in [0, 0.1) is 0 Å². The lowest BCUT2D eigenvalue weighted by molar-refractivity contribution is -0.138. The zero-order valence-corrected chi connectivity index (χ0v) is 10.0. The molecule has 1 atom stereocenters. The molecule has 0 fully saturated rings. The average Bonchev–Trinajstić information content (AvgIpc) is 2.67. The van der Waals surface area contributed by atoms with Crippen molar-refractivity contribution in [3.8, 4) is 0 Å². The molecule has 0 aliphatic carbocycles. The van der Waals surface area contributed by atoms with Crippen LogP contribution in [0.5, 0.6) is 0 Å². The Kier molecular flexibility index (Phi) is 3.01. The first kappa shape index (κ1) is 12.1. The van der Waals surface area contributed by atoms with Crippen LogP contribution in [-0.2, 0) is 11.8 Å². The normalized spacial score (nSPS) is 12.3. The third kappa shape index (κ3) is 2.04. The molecule has 1 heterocycles. The van der Waals surface area contributed by atoms with Gasteiger partial charge in [0, 0.05) is 12.4 Å². The van der Waals surface area contributed by atoms with Gasteiger partial charge in [0.05, 0.1) is 5.52 Å². The standard InChI is InChI=1S/C12H13N3O3/c1-7(12(17)18)13-11(16)10-8-5-3-4-6-9(8)15(2)14-10/h3-7H,1-2H3,(H,13,16)(H,17,18)/t7-/m1/s1. The maximum atomic E-state index is 11.9. The van der Waals surface area contributed by atoms with Gasteiger partial charge in [0.2, 0.25) is 0 Å². The Hall–Kier alpha value is -2.37. The van der Waals surface area contributed by atoms with Crippen molar-refractivity contribution in [1.82, 2.24) is 15.1 Å². The molecule has 0 spiro atoms. The summed E-state index contributed by atoms with van der Waals surface area (Å²) >= 11 is 0. The molecule has 2 N–H and O–H groups in total. The van der Waals surface area contributed by atoms with E-state index in [9.17, 15) is 9.59 Å². The van der Waals surface area contributed by atoms with Crippen molar-refractivity contribution < 1.29 is 14.7 Å². The number of hydrogen-bond donors (Lipinski definition) is 2. The van der Waals surface area contributed by atoms with Crippen molar-refractivity contribution in [3.05, 3.63) is 30.0 Å². The summed E-state index contributed by atoms with van der Waals surface area (Å²) in [5.74, 6) is -1.56. The van der Waals surface area contributed by atoms with E-state index in [0.717, 1.165) is 5.52 Å². The molecular weight excluding hydrogens is 234 g/mol. The molecule has 6 heteroatoms. The fraction of sp³-hybridized carbons (Fsp3) is 0.250. The summed E-state index contributed by atoms with van der Waals surface area (Å²) in [4.78, 5) is 22.6. The van der Waals surface area contributed by atoms with Crippen LogP contribution in [0.2, 0.25) is 0 Å². The first-order chi connectivity index (χ1) is 8.50. The number of carbonyl (C=O) groups excluding carboxylic acids is 1. The lowest BCUT2D eigenvalue weighted by atomic mass is 10.2. The molecule has 0 radical (unpaired) electrons. The van der Waals surface area contributed by atoms with Crippen LogP contribution < -0.4 is 5.32 Å². The highest BCUT2D eigenvalue weighted by Gasteiger charge is 2.20. The molecule has 0 unspecified atom stereocenters. The summed E-state index contributed by atoms with van der Waals surface area (Å²) in [5.41, 5.74) is 1.06. The Morgan fingerprint density at radius 2 is 2.06 bits per heavy atom. The SMILES string of the molecule is C[C@@H](NC(=O)c1nn(C)c2ccccc12)C(=O)O. The second-order valence-electron chi connectivity index (χ2n) is 4.02. The number of carboxylic acid groups (broad SMARTS) is 1. The van der Waals surface area contributed by atoms with Gasteiger partial charge in [0.1, 0.15) is 6.04 Å². The number of carboxylic acids is 1. The van der Waals surface area contributed by atoms with E-state index in [1.807, 2.05) is 12.1 Å². The number of benzene rings is 1. The maximum absolute atomic E-state index is 11.9. The van der Waals surface area contributed by atoms with E-state index in [1.54, 1.807) is 23.9 Å². The number of fused-ring (bicyclic) bond motifs is 1. The molecule has 0 bridgehead atoms. The number of aryl methyl sites for hydroxylation is 1. The smallest absolute Gasteiger partial charge is 0.325 e. The number of carbonyl (C=O) groups is 2. The molecule has 0 saturated carbocycles. The van der Waals surface area contributed by atoms with Crippen LogP contribution in [0.25, 0.3) is 10.9 Å². The van der Waals surface area contributed by atoms with E-state index in [2.05, 4.69) is 10.4 Å². The lowest BCUT2D eigenvalue weighted by Gasteiger charge is -2.07. The van der Waals surface area contributed by atoms with Crippen LogP contribution in [0.3, 0.4) is 0 Å². The van der Waals surface area contributed by atoms with Crippen molar-refractivity contribution in [2.24, 2.45) is 7.05 Å². The fourth-order valence-electron chi connectivity index (χ4n) is 1.71. The van der Waals surface area contributed by atoms with E-state index < -0.39 is 17.9 Å². The van der Waals surface area contributed by atoms with Gasteiger partial charge >= 0.3 is 5.97 Å². The first-order valence-corrected chi connectivity index (χ1v) is 5.46. The van der Waals surface area contributed by atoms with Crippen LogP contribution in [0.15, 0.2) is 24.3 Å². The van der Waals surface area contributed by atoms with E-state index in [-0.39, 0.29) is 5.69 Å². The number of hydrogen-bond acceptors (Lipinski definition) is 3. The van der Waals surface area contributed by atoms with Gasteiger partial charge < -0.3 is 10.4 Å². The first-order valence-electron chi connectivity index (χ1n) is 5.46. The predicted octanol–water partition coefficient (Wildman–Crippen LogP) is 0.776. The summed E-state index contributed by atoms with van der Waals surface area (Å²) in [6, 6.07) is 6.34. The zero-order chi connectivity index (χ0) is 13.3. The van der Waals surface area contributed by atoms with Gasteiger partial charge in [-0.25, -0.2) is 0 Å². The summed E-state index contributed by atoms with van der Waals surface area (Å²) < 4.78 is 1.59. The fourth-order valence-corrected chi connectivity index (χ4v) is 1.71. The highest BCUT2D eigenvalue weighted by atomic mass is 16.4. The molecule has 1 aromatic carbocycles. The topological polar surface area (TPSA) is 84.2 Å². The summed E-state index contributed by atoms with van der Waals surface area (Å²) in [5, 5.41) is 16.0. The molecule has 6 nitrogen and oxygen atoms in total. The summed E-state index contributed by atoms with van der Waals surface area (Å²) in [6.07, 6.45) is 0. The third-order valence-corrected chi connectivity index (χ3v) is 2.69. The molecule has 2 rings (SSSR count). The quantitative estimate of drug-likeness (QED) is 0.839. The number of nitrogens with one attached hydrogen (secondary N) is 1. The highest BCUT2D eigenvalue weighted by Crippen LogP contribution is 2.17. The Labute approximate surface area is 103 Å². The van der Waals surface area contributed by atoms with Crippen molar-refractivity contribution in [3.63, 3.8) is 0 Å². The van der Waals surface area contributed by atoms with Crippen molar-refractivity contribution in [1.29, 1.82) is 0 Å². The van der Waals surface area contributed by atoms with Crippen molar-refractivity contribution >= 4 is 22.8 Å². The minimum Gasteiger partial charge on any atom is -0.480 e. The van der Waals surface area contributed by atoms with Crippen molar-refractivity contribution in [2.75, 3.05) is 0 Å². The van der Waals surface area contributed by atoms with Gasteiger partial charge in [-0.1, -0.05) is 18.2 Å².